The van der Waals surface area contributed by atoms with E-state index in [0.29, 0.717) is 6.54 Å². The molecule has 1 heterocycles. The molecule has 0 atom stereocenters. The van der Waals surface area contributed by atoms with Crippen molar-refractivity contribution in [2.75, 3.05) is 7.11 Å². The minimum atomic E-state index is 0.476. The summed E-state index contributed by atoms with van der Waals surface area (Å²) in [7, 11) is 1.69. The van der Waals surface area contributed by atoms with Crippen molar-refractivity contribution >= 4 is 11.3 Å². The fourth-order valence-corrected chi connectivity index (χ4v) is 2.75. The van der Waals surface area contributed by atoms with E-state index < -0.39 is 0 Å². The van der Waals surface area contributed by atoms with E-state index in [1.54, 1.807) is 18.4 Å². The molecule has 0 saturated heterocycles. The Kier molecular flexibility index (Phi) is 3.45. The zero-order valence-corrected chi connectivity index (χ0v) is 11.1. The average molecular weight is 248 g/mol. The summed E-state index contributed by atoms with van der Waals surface area (Å²) in [5, 5.41) is 2.96. The highest BCUT2D eigenvalue weighted by Crippen LogP contribution is 2.35. The molecule has 0 aliphatic carbocycles. The van der Waals surface area contributed by atoms with Gasteiger partial charge in [-0.25, -0.2) is 4.98 Å². The van der Waals surface area contributed by atoms with E-state index in [4.69, 9.17) is 10.5 Å². The fraction of sp³-hybridized carbons (Fsp3) is 0.308. The van der Waals surface area contributed by atoms with Crippen LogP contribution in [0.2, 0.25) is 0 Å². The van der Waals surface area contributed by atoms with E-state index in [0.717, 1.165) is 27.6 Å². The van der Waals surface area contributed by atoms with Crippen molar-refractivity contribution in [1.29, 1.82) is 0 Å². The van der Waals surface area contributed by atoms with Gasteiger partial charge in [0, 0.05) is 11.9 Å². The van der Waals surface area contributed by atoms with Gasteiger partial charge in [0.05, 0.1) is 18.4 Å². The second-order valence-corrected chi connectivity index (χ2v) is 4.87. The van der Waals surface area contributed by atoms with Gasteiger partial charge in [0.2, 0.25) is 0 Å². The molecule has 2 N–H and O–H groups in total. The number of aromatic nitrogens is 1. The van der Waals surface area contributed by atoms with E-state index >= 15 is 0 Å². The Morgan fingerprint density at radius 1 is 1.35 bits per heavy atom. The second-order valence-electron chi connectivity index (χ2n) is 4.01. The van der Waals surface area contributed by atoms with Crippen molar-refractivity contribution < 1.29 is 4.74 Å². The maximum absolute atomic E-state index is 5.58. The summed E-state index contributed by atoms with van der Waals surface area (Å²) in [6.07, 6.45) is 0. The number of benzene rings is 1. The van der Waals surface area contributed by atoms with Gasteiger partial charge < -0.3 is 10.5 Å². The molecule has 3 nitrogen and oxygen atoms in total. The van der Waals surface area contributed by atoms with Crippen LogP contribution < -0.4 is 10.5 Å². The Bertz CT molecular complexity index is 534. The Hall–Kier alpha value is -1.39. The van der Waals surface area contributed by atoms with Crippen molar-refractivity contribution in [3.8, 4) is 16.3 Å². The lowest BCUT2D eigenvalue weighted by Gasteiger charge is -2.10. The van der Waals surface area contributed by atoms with Crippen LogP contribution in [0.4, 0.5) is 0 Å². The minimum Gasteiger partial charge on any atom is -0.496 e. The van der Waals surface area contributed by atoms with Crippen molar-refractivity contribution in [1.82, 2.24) is 4.98 Å². The highest BCUT2D eigenvalue weighted by atomic mass is 32.1. The summed E-state index contributed by atoms with van der Waals surface area (Å²) < 4.78 is 5.46. The van der Waals surface area contributed by atoms with Crippen LogP contribution in [0, 0.1) is 13.8 Å². The Labute approximate surface area is 105 Å². The van der Waals surface area contributed by atoms with Crippen LogP contribution in [-0.2, 0) is 6.54 Å². The number of rotatable bonds is 3. The summed E-state index contributed by atoms with van der Waals surface area (Å²) in [4.78, 5) is 4.50. The number of hydrogen-bond donors (Lipinski definition) is 1. The summed E-state index contributed by atoms with van der Waals surface area (Å²) in [6, 6.07) is 4.21. The van der Waals surface area contributed by atoms with Crippen molar-refractivity contribution in [2.24, 2.45) is 5.73 Å². The number of hydrogen-bond acceptors (Lipinski definition) is 4. The first-order valence-corrected chi connectivity index (χ1v) is 6.33. The lowest BCUT2D eigenvalue weighted by molar-refractivity contribution is 0.413. The molecular weight excluding hydrogens is 232 g/mol. The van der Waals surface area contributed by atoms with Crippen LogP contribution in [0.25, 0.3) is 10.6 Å². The predicted molar refractivity (Wildman–Crippen MR) is 71.5 cm³/mol. The van der Waals surface area contributed by atoms with Crippen LogP contribution >= 0.6 is 11.3 Å². The number of thiazole rings is 1. The Morgan fingerprint density at radius 3 is 2.71 bits per heavy atom. The summed E-state index contributed by atoms with van der Waals surface area (Å²) >= 11 is 1.60. The molecular formula is C13H16N2OS. The topological polar surface area (TPSA) is 48.1 Å². The largest absolute Gasteiger partial charge is 0.496 e. The first-order chi connectivity index (χ1) is 8.15. The molecule has 0 radical (unpaired) electrons. The zero-order chi connectivity index (χ0) is 12.4. The molecule has 0 amide bonds. The summed E-state index contributed by atoms with van der Waals surface area (Å²) in [6.45, 7) is 4.60. The molecule has 0 aliphatic rings. The first-order valence-electron chi connectivity index (χ1n) is 5.45. The first kappa shape index (κ1) is 12.1. The molecule has 1 aromatic heterocycles. The van der Waals surface area contributed by atoms with Crippen molar-refractivity contribution in [2.45, 2.75) is 20.4 Å². The van der Waals surface area contributed by atoms with Gasteiger partial charge >= 0.3 is 0 Å². The maximum Gasteiger partial charge on any atom is 0.132 e. The second kappa shape index (κ2) is 4.85. The normalized spacial score (nSPS) is 10.6. The molecule has 4 heteroatoms. The molecule has 0 spiro atoms. The lowest BCUT2D eigenvalue weighted by Crippen LogP contribution is -1.96. The van der Waals surface area contributed by atoms with Crippen molar-refractivity contribution in [3.05, 3.63) is 34.3 Å². The van der Waals surface area contributed by atoms with Crippen molar-refractivity contribution in [3.63, 3.8) is 0 Å². The predicted octanol–water partition coefficient (Wildman–Crippen LogP) is 2.89. The van der Waals surface area contributed by atoms with Gasteiger partial charge in [-0.15, -0.1) is 11.3 Å². The molecule has 0 fully saturated rings. The lowest BCUT2D eigenvalue weighted by atomic mass is 10.1. The van der Waals surface area contributed by atoms with Crippen LogP contribution in [0.15, 0.2) is 17.5 Å². The van der Waals surface area contributed by atoms with E-state index in [9.17, 15) is 0 Å². The van der Waals surface area contributed by atoms with Gasteiger partial charge in [0.1, 0.15) is 10.8 Å². The van der Waals surface area contributed by atoms with Gasteiger partial charge in [-0.3, -0.25) is 0 Å². The van der Waals surface area contributed by atoms with Crippen LogP contribution in [0.3, 0.4) is 0 Å². The molecule has 2 rings (SSSR count). The number of nitrogens with two attached hydrogens (primary N) is 1. The number of ether oxygens (including phenoxy) is 1. The molecule has 1 aromatic carbocycles. The fourth-order valence-electron chi connectivity index (χ4n) is 1.91. The monoisotopic (exact) mass is 248 g/mol. The van der Waals surface area contributed by atoms with Gasteiger partial charge in [0.15, 0.2) is 0 Å². The minimum absolute atomic E-state index is 0.476. The van der Waals surface area contributed by atoms with Crippen LogP contribution in [0.1, 0.15) is 16.8 Å². The third-order valence-electron chi connectivity index (χ3n) is 2.61. The molecule has 2 aromatic rings. The van der Waals surface area contributed by atoms with Gasteiger partial charge in [-0.1, -0.05) is 6.07 Å². The summed E-state index contributed by atoms with van der Waals surface area (Å²) in [5.74, 6) is 0.897. The molecule has 0 bridgehead atoms. The quantitative estimate of drug-likeness (QED) is 0.908. The van der Waals surface area contributed by atoms with Crippen LogP contribution in [0.5, 0.6) is 5.75 Å². The number of methoxy groups -OCH3 is 1. The average Bonchev–Trinajstić information content (AvgIpc) is 2.76. The number of aryl methyl sites for hydroxylation is 2. The Balaban J connectivity index is 2.57. The smallest absolute Gasteiger partial charge is 0.132 e. The molecule has 17 heavy (non-hydrogen) atoms. The van der Waals surface area contributed by atoms with E-state index in [-0.39, 0.29) is 0 Å². The van der Waals surface area contributed by atoms with Gasteiger partial charge in [0.25, 0.3) is 0 Å². The van der Waals surface area contributed by atoms with E-state index in [1.165, 1.54) is 5.56 Å². The van der Waals surface area contributed by atoms with Gasteiger partial charge in [-0.2, -0.15) is 0 Å². The number of nitrogens with zero attached hydrogens (tertiary/aromatic N) is 1. The molecule has 0 aliphatic heterocycles. The molecule has 0 saturated carbocycles. The third kappa shape index (κ3) is 2.33. The molecule has 90 valence electrons. The maximum atomic E-state index is 5.58. The highest BCUT2D eigenvalue weighted by molar-refractivity contribution is 7.13. The van der Waals surface area contributed by atoms with Crippen LogP contribution in [-0.4, -0.2) is 12.1 Å². The third-order valence-corrected chi connectivity index (χ3v) is 3.54. The zero-order valence-electron chi connectivity index (χ0n) is 10.3. The van der Waals surface area contributed by atoms with E-state index in [2.05, 4.69) is 24.0 Å². The highest BCUT2D eigenvalue weighted by Gasteiger charge is 2.12. The standard InChI is InChI=1S/C13H16N2OS/c1-8-4-9(2)12(16-3)11(5-8)13-15-10(6-14)7-17-13/h4-5,7H,6,14H2,1-3H3. The summed E-state index contributed by atoms with van der Waals surface area (Å²) in [5.41, 5.74) is 9.90. The molecule has 0 unspecified atom stereocenters. The van der Waals surface area contributed by atoms with Gasteiger partial charge in [-0.05, 0) is 31.0 Å². The van der Waals surface area contributed by atoms with E-state index in [1.807, 2.05) is 12.3 Å². The Morgan fingerprint density at radius 2 is 2.12 bits per heavy atom. The SMILES string of the molecule is COc1c(C)cc(C)cc1-c1nc(CN)cs1.